The number of aliphatic carboxylic acids is 1. The van der Waals surface area contributed by atoms with Gasteiger partial charge in [0.25, 0.3) is 0 Å². The molecule has 1 rings (SSSR count). The lowest BCUT2D eigenvalue weighted by Gasteiger charge is -2.30. The summed E-state index contributed by atoms with van der Waals surface area (Å²) in [5, 5.41) is 12.3. The molecule has 2 N–H and O–H groups in total. The van der Waals surface area contributed by atoms with Gasteiger partial charge in [-0.05, 0) is 25.5 Å². The summed E-state index contributed by atoms with van der Waals surface area (Å²) in [6, 6.07) is -0.130. The van der Waals surface area contributed by atoms with Gasteiger partial charge in [-0.25, -0.2) is 4.79 Å². The molecule has 1 heterocycles. The van der Waals surface area contributed by atoms with E-state index in [2.05, 4.69) is 18.5 Å². The van der Waals surface area contributed by atoms with Crippen molar-refractivity contribution in [2.75, 3.05) is 25.9 Å². The molecule has 1 fully saturated rings. The molecule has 0 aliphatic carbocycles. The molecule has 0 saturated carbocycles. The fraction of sp³-hybridized carbons (Fsp3) is 0.833. The van der Waals surface area contributed by atoms with Crippen LogP contribution in [0.25, 0.3) is 0 Å². The Morgan fingerprint density at radius 3 is 2.89 bits per heavy atom. The van der Waals surface area contributed by atoms with Gasteiger partial charge in [-0.1, -0.05) is 6.92 Å². The number of nitrogens with zero attached hydrogens (tertiary/aromatic N) is 1. The summed E-state index contributed by atoms with van der Waals surface area (Å²) >= 11 is 1.77. The molecule has 1 saturated heterocycles. The number of amides is 2. The standard InChI is InChI=1S/C12H22N2O3S/c1-9(18-2)5-6-13-12(17)14-7-3-4-10(8-14)11(15)16/h9-10H,3-8H2,1-2H3,(H,13,17)(H,15,16). The molecule has 2 unspecified atom stereocenters. The van der Waals surface area contributed by atoms with Gasteiger partial charge in [0, 0.05) is 24.9 Å². The van der Waals surface area contributed by atoms with E-state index in [1.807, 2.05) is 0 Å². The number of carbonyl (C=O) groups is 2. The van der Waals surface area contributed by atoms with E-state index in [-0.39, 0.29) is 6.03 Å². The number of likely N-dealkylation sites (tertiary alicyclic amines) is 1. The van der Waals surface area contributed by atoms with Crippen LogP contribution in [-0.4, -0.2) is 53.1 Å². The molecular weight excluding hydrogens is 252 g/mol. The maximum absolute atomic E-state index is 11.9. The van der Waals surface area contributed by atoms with Crippen LogP contribution in [0.15, 0.2) is 0 Å². The molecule has 0 aromatic heterocycles. The highest BCUT2D eigenvalue weighted by molar-refractivity contribution is 7.99. The first kappa shape index (κ1) is 15.1. The van der Waals surface area contributed by atoms with E-state index in [9.17, 15) is 9.59 Å². The van der Waals surface area contributed by atoms with Gasteiger partial charge < -0.3 is 15.3 Å². The summed E-state index contributed by atoms with van der Waals surface area (Å²) in [5.74, 6) is -1.21. The zero-order valence-electron chi connectivity index (χ0n) is 11.0. The smallest absolute Gasteiger partial charge is 0.317 e. The quantitative estimate of drug-likeness (QED) is 0.799. The minimum absolute atomic E-state index is 0.130. The highest BCUT2D eigenvalue weighted by Crippen LogP contribution is 2.16. The summed E-state index contributed by atoms with van der Waals surface area (Å²) in [4.78, 5) is 24.4. The van der Waals surface area contributed by atoms with Crippen molar-refractivity contribution in [1.29, 1.82) is 0 Å². The van der Waals surface area contributed by atoms with Gasteiger partial charge in [0.2, 0.25) is 0 Å². The van der Waals surface area contributed by atoms with E-state index in [1.54, 1.807) is 16.7 Å². The van der Waals surface area contributed by atoms with Crippen molar-refractivity contribution in [3.63, 3.8) is 0 Å². The molecule has 2 atom stereocenters. The normalized spacial score (nSPS) is 21.4. The summed E-state index contributed by atoms with van der Waals surface area (Å²) in [6.07, 6.45) is 4.42. The van der Waals surface area contributed by atoms with Crippen molar-refractivity contribution in [2.24, 2.45) is 5.92 Å². The van der Waals surface area contributed by atoms with Crippen molar-refractivity contribution in [2.45, 2.75) is 31.4 Å². The number of carboxylic acid groups (broad SMARTS) is 1. The van der Waals surface area contributed by atoms with Crippen LogP contribution in [-0.2, 0) is 4.79 Å². The SMILES string of the molecule is CSC(C)CCNC(=O)N1CCCC(C(=O)O)C1. The van der Waals surface area contributed by atoms with Crippen LogP contribution in [0, 0.1) is 5.92 Å². The van der Waals surface area contributed by atoms with E-state index in [1.165, 1.54) is 0 Å². The number of urea groups is 1. The van der Waals surface area contributed by atoms with Gasteiger partial charge >= 0.3 is 12.0 Å². The first-order chi connectivity index (χ1) is 8.54. The number of rotatable bonds is 5. The van der Waals surface area contributed by atoms with Crippen LogP contribution in [0.5, 0.6) is 0 Å². The van der Waals surface area contributed by atoms with Gasteiger partial charge in [0.05, 0.1) is 5.92 Å². The number of carboxylic acids is 1. The first-order valence-corrected chi connectivity index (χ1v) is 7.61. The minimum atomic E-state index is -0.802. The number of hydrogen-bond donors (Lipinski definition) is 2. The molecule has 18 heavy (non-hydrogen) atoms. The third kappa shape index (κ3) is 4.76. The van der Waals surface area contributed by atoms with E-state index < -0.39 is 11.9 Å². The Hall–Kier alpha value is -0.910. The molecule has 0 aromatic carbocycles. The van der Waals surface area contributed by atoms with Gasteiger partial charge in [0.15, 0.2) is 0 Å². The third-order valence-electron chi connectivity index (χ3n) is 3.29. The van der Waals surface area contributed by atoms with Crippen LogP contribution in [0.1, 0.15) is 26.2 Å². The molecule has 0 radical (unpaired) electrons. The second-order valence-corrected chi connectivity index (χ2v) is 5.97. The summed E-state index contributed by atoms with van der Waals surface area (Å²) in [7, 11) is 0. The van der Waals surface area contributed by atoms with Crippen LogP contribution in [0.3, 0.4) is 0 Å². The zero-order valence-corrected chi connectivity index (χ0v) is 11.8. The predicted molar refractivity (Wildman–Crippen MR) is 72.9 cm³/mol. The van der Waals surface area contributed by atoms with Crippen molar-refractivity contribution < 1.29 is 14.7 Å². The lowest BCUT2D eigenvalue weighted by Crippen LogP contribution is -2.47. The van der Waals surface area contributed by atoms with E-state index in [4.69, 9.17) is 5.11 Å². The van der Waals surface area contributed by atoms with E-state index >= 15 is 0 Å². The Balaban J connectivity index is 2.30. The average molecular weight is 274 g/mol. The Bertz CT molecular complexity index is 299. The molecular formula is C12H22N2O3S. The van der Waals surface area contributed by atoms with Crippen molar-refractivity contribution in [1.82, 2.24) is 10.2 Å². The average Bonchev–Trinajstić information content (AvgIpc) is 2.38. The molecule has 0 bridgehead atoms. The largest absolute Gasteiger partial charge is 0.481 e. The zero-order chi connectivity index (χ0) is 13.5. The van der Waals surface area contributed by atoms with Gasteiger partial charge in [-0.2, -0.15) is 11.8 Å². The number of piperidine rings is 1. The van der Waals surface area contributed by atoms with Crippen LogP contribution < -0.4 is 5.32 Å². The third-order valence-corrected chi connectivity index (χ3v) is 4.33. The first-order valence-electron chi connectivity index (χ1n) is 6.33. The molecule has 2 amide bonds. The number of carbonyl (C=O) groups excluding carboxylic acids is 1. The Morgan fingerprint density at radius 2 is 2.28 bits per heavy atom. The summed E-state index contributed by atoms with van der Waals surface area (Å²) < 4.78 is 0. The van der Waals surface area contributed by atoms with Crippen molar-refractivity contribution in [3.05, 3.63) is 0 Å². The van der Waals surface area contributed by atoms with Gasteiger partial charge in [-0.15, -0.1) is 0 Å². The fourth-order valence-corrected chi connectivity index (χ4v) is 2.33. The fourth-order valence-electron chi connectivity index (χ4n) is 1.98. The minimum Gasteiger partial charge on any atom is -0.481 e. The Labute approximate surface area is 112 Å². The molecule has 0 aromatic rings. The highest BCUT2D eigenvalue weighted by Gasteiger charge is 2.27. The second kappa shape index (κ2) is 7.51. The molecule has 6 heteroatoms. The van der Waals surface area contributed by atoms with E-state index in [0.29, 0.717) is 31.3 Å². The van der Waals surface area contributed by atoms with Crippen LogP contribution >= 0.6 is 11.8 Å². The molecule has 104 valence electrons. The molecule has 5 nitrogen and oxygen atoms in total. The van der Waals surface area contributed by atoms with E-state index in [0.717, 1.165) is 12.8 Å². The van der Waals surface area contributed by atoms with Gasteiger partial charge in [-0.3, -0.25) is 4.79 Å². The molecule has 0 spiro atoms. The maximum atomic E-state index is 11.9. The van der Waals surface area contributed by atoms with Crippen molar-refractivity contribution >= 4 is 23.8 Å². The summed E-state index contributed by atoms with van der Waals surface area (Å²) in [6.45, 7) is 3.76. The number of hydrogen-bond acceptors (Lipinski definition) is 3. The maximum Gasteiger partial charge on any atom is 0.317 e. The number of thioether (sulfide) groups is 1. The van der Waals surface area contributed by atoms with Crippen LogP contribution in [0.2, 0.25) is 0 Å². The van der Waals surface area contributed by atoms with Crippen molar-refractivity contribution in [3.8, 4) is 0 Å². The monoisotopic (exact) mass is 274 g/mol. The van der Waals surface area contributed by atoms with Crippen LogP contribution in [0.4, 0.5) is 4.79 Å². The second-order valence-electron chi connectivity index (χ2n) is 4.69. The Kier molecular flexibility index (Phi) is 6.32. The highest BCUT2D eigenvalue weighted by atomic mass is 32.2. The predicted octanol–water partition coefficient (Wildman–Crippen LogP) is 1.63. The molecule has 1 aliphatic rings. The molecule has 1 aliphatic heterocycles. The summed E-state index contributed by atoms with van der Waals surface area (Å²) in [5.41, 5.74) is 0. The topological polar surface area (TPSA) is 69.6 Å². The number of nitrogens with one attached hydrogen (secondary N) is 1. The Morgan fingerprint density at radius 1 is 1.56 bits per heavy atom. The van der Waals surface area contributed by atoms with Gasteiger partial charge in [0.1, 0.15) is 0 Å². The lowest BCUT2D eigenvalue weighted by atomic mass is 9.99. The lowest BCUT2D eigenvalue weighted by molar-refractivity contribution is -0.143.